The van der Waals surface area contributed by atoms with Crippen LogP contribution in [-0.2, 0) is 28.6 Å². The molecule has 0 fully saturated rings. The fraction of sp³-hybridized carbons (Fsp3) is 0.776. The number of rotatable bonds is 57. The molecule has 422 valence electrons. The van der Waals surface area contributed by atoms with Crippen molar-refractivity contribution in [3.05, 3.63) is 72.9 Å². The third kappa shape index (κ3) is 59.6. The van der Waals surface area contributed by atoms with Gasteiger partial charge in [-0.05, 0) is 103 Å². The molecule has 0 saturated carbocycles. The molecule has 0 N–H and O–H groups in total. The van der Waals surface area contributed by atoms with Crippen molar-refractivity contribution in [3.8, 4) is 0 Å². The highest BCUT2D eigenvalue weighted by Gasteiger charge is 2.19. The van der Waals surface area contributed by atoms with Gasteiger partial charge in [-0.1, -0.05) is 267 Å². The number of hydrogen-bond donors (Lipinski definition) is 0. The van der Waals surface area contributed by atoms with Crippen molar-refractivity contribution >= 4 is 17.9 Å². The summed E-state index contributed by atoms with van der Waals surface area (Å²) >= 11 is 0. The monoisotopic (exact) mass is 1020 g/mol. The fourth-order valence-corrected chi connectivity index (χ4v) is 8.92. The quantitative estimate of drug-likeness (QED) is 0.0199. The molecule has 0 spiro atoms. The first-order valence-corrected chi connectivity index (χ1v) is 31.5. The summed E-state index contributed by atoms with van der Waals surface area (Å²) in [4.78, 5) is 38.3. The Bertz CT molecular complexity index is 1360. The van der Waals surface area contributed by atoms with Crippen LogP contribution in [0.1, 0.15) is 316 Å². The van der Waals surface area contributed by atoms with Crippen LogP contribution in [0.3, 0.4) is 0 Å². The lowest BCUT2D eigenvalue weighted by atomic mass is 10.1. The highest BCUT2D eigenvalue weighted by atomic mass is 16.6. The Morgan fingerprint density at radius 3 is 0.945 bits per heavy atom. The summed E-state index contributed by atoms with van der Waals surface area (Å²) in [5.41, 5.74) is 0. The smallest absolute Gasteiger partial charge is 0.306 e. The van der Waals surface area contributed by atoms with Crippen LogP contribution in [0, 0.1) is 0 Å². The molecule has 0 saturated heterocycles. The minimum Gasteiger partial charge on any atom is -0.462 e. The number of esters is 3. The van der Waals surface area contributed by atoms with Gasteiger partial charge >= 0.3 is 17.9 Å². The van der Waals surface area contributed by atoms with Crippen LogP contribution < -0.4 is 0 Å². The first kappa shape index (κ1) is 69.8. The van der Waals surface area contributed by atoms with E-state index in [0.29, 0.717) is 19.3 Å². The van der Waals surface area contributed by atoms with Crippen LogP contribution >= 0.6 is 0 Å². The van der Waals surface area contributed by atoms with Crippen molar-refractivity contribution in [2.75, 3.05) is 13.2 Å². The maximum absolute atomic E-state index is 12.9. The summed E-state index contributed by atoms with van der Waals surface area (Å²) in [6, 6.07) is 0. The summed E-state index contributed by atoms with van der Waals surface area (Å²) in [5, 5.41) is 0. The molecular formula is C67H118O6. The molecule has 73 heavy (non-hydrogen) atoms. The van der Waals surface area contributed by atoms with Gasteiger partial charge in [-0.2, -0.15) is 0 Å². The van der Waals surface area contributed by atoms with E-state index in [-0.39, 0.29) is 37.5 Å². The molecule has 0 aromatic heterocycles. The Labute approximate surface area is 453 Å². The third-order valence-electron chi connectivity index (χ3n) is 13.7. The normalized spacial score (nSPS) is 12.5. The Balaban J connectivity index is 4.44. The maximum atomic E-state index is 12.9. The fourth-order valence-electron chi connectivity index (χ4n) is 8.92. The van der Waals surface area contributed by atoms with Gasteiger partial charge in [0.1, 0.15) is 13.2 Å². The topological polar surface area (TPSA) is 78.9 Å². The van der Waals surface area contributed by atoms with E-state index in [2.05, 4.69) is 93.7 Å². The molecule has 0 aliphatic rings. The van der Waals surface area contributed by atoms with Crippen molar-refractivity contribution in [2.45, 2.75) is 322 Å². The molecule has 6 nitrogen and oxygen atoms in total. The molecule has 0 aliphatic carbocycles. The average Bonchev–Trinajstić information content (AvgIpc) is 3.39. The lowest BCUT2D eigenvalue weighted by Gasteiger charge is -2.18. The highest BCUT2D eigenvalue weighted by molar-refractivity contribution is 5.71. The van der Waals surface area contributed by atoms with E-state index < -0.39 is 6.10 Å². The van der Waals surface area contributed by atoms with E-state index in [0.717, 1.165) is 57.8 Å². The number of allylic oxidation sites excluding steroid dienone is 12. The van der Waals surface area contributed by atoms with Crippen LogP contribution in [0.25, 0.3) is 0 Å². The van der Waals surface area contributed by atoms with Gasteiger partial charge in [0, 0.05) is 19.3 Å². The lowest BCUT2D eigenvalue weighted by molar-refractivity contribution is -0.167. The van der Waals surface area contributed by atoms with Gasteiger partial charge in [0.05, 0.1) is 0 Å². The van der Waals surface area contributed by atoms with Crippen molar-refractivity contribution in [3.63, 3.8) is 0 Å². The molecule has 1 unspecified atom stereocenters. The molecule has 0 bridgehead atoms. The Morgan fingerprint density at radius 2 is 0.548 bits per heavy atom. The van der Waals surface area contributed by atoms with Gasteiger partial charge in [0.25, 0.3) is 0 Å². The second kappa shape index (κ2) is 61.4. The first-order valence-electron chi connectivity index (χ1n) is 31.5. The maximum Gasteiger partial charge on any atom is 0.306 e. The predicted octanol–water partition coefficient (Wildman–Crippen LogP) is 21.3. The number of carbonyl (C=O) groups is 3. The number of carbonyl (C=O) groups excluding carboxylic acids is 3. The summed E-state index contributed by atoms with van der Waals surface area (Å²) in [5.74, 6) is -0.942. The van der Waals surface area contributed by atoms with Crippen molar-refractivity contribution in [2.24, 2.45) is 0 Å². The van der Waals surface area contributed by atoms with E-state index in [4.69, 9.17) is 14.2 Å². The Morgan fingerprint density at radius 1 is 0.288 bits per heavy atom. The molecule has 6 heteroatoms. The zero-order valence-corrected chi connectivity index (χ0v) is 48.4. The van der Waals surface area contributed by atoms with Crippen LogP contribution in [-0.4, -0.2) is 37.2 Å². The average molecular weight is 1020 g/mol. The number of unbranched alkanes of at least 4 members (excludes halogenated alkanes) is 35. The summed E-state index contributed by atoms with van der Waals surface area (Å²) < 4.78 is 16.9. The van der Waals surface area contributed by atoms with Crippen molar-refractivity contribution in [1.29, 1.82) is 0 Å². The third-order valence-corrected chi connectivity index (χ3v) is 13.7. The molecule has 0 rings (SSSR count). The van der Waals surface area contributed by atoms with Gasteiger partial charge in [0.2, 0.25) is 0 Å². The first-order chi connectivity index (χ1) is 36.0. The van der Waals surface area contributed by atoms with Gasteiger partial charge in [-0.15, -0.1) is 0 Å². The summed E-state index contributed by atoms with van der Waals surface area (Å²) in [7, 11) is 0. The largest absolute Gasteiger partial charge is 0.462 e. The molecule has 0 radical (unpaired) electrons. The Kier molecular flexibility index (Phi) is 58.7. The standard InChI is InChI=1S/C67H118O6/c1-4-7-10-13-16-19-22-25-28-31-33-36-39-42-45-48-51-54-57-60-66(69)72-63-64(62-71-65(68)59-56-53-50-47-44-41-38-35-30-27-24-21-18-15-12-9-6-3)73-67(70)61-58-55-52-49-46-43-40-37-34-32-29-26-23-20-17-14-11-8-5-2/h16,19,22,25,27,30,32,34,38,41,47,50,64H,4-15,17-18,20-21,23-24,26,28-29,31,33,35-37,39-40,42-46,48-49,51-63H2,1-3H3/b19-16-,25-22-,30-27-,34-32-,41-38-,50-47-. The van der Waals surface area contributed by atoms with E-state index in [1.54, 1.807) is 0 Å². The molecule has 1 atom stereocenters. The molecule has 0 aromatic carbocycles. The van der Waals surface area contributed by atoms with E-state index in [9.17, 15) is 14.4 Å². The second-order valence-corrected chi connectivity index (χ2v) is 21.0. The van der Waals surface area contributed by atoms with Crippen LogP contribution in [0.4, 0.5) is 0 Å². The minimum atomic E-state index is -0.800. The van der Waals surface area contributed by atoms with E-state index in [1.807, 2.05) is 0 Å². The number of ether oxygens (including phenoxy) is 3. The van der Waals surface area contributed by atoms with Crippen molar-refractivity contribution in [1.82, 2.24) is 0 Å². The predicted molar refractivity (Wildman–Crippen MR) is 316 cm³/mol. The minimum absolute atomic E-state index is 0.0934. The molecule has 0 heterocycles. The second-order valence-electron chi connectivity index (χ2n) is 21.0. The highest BCUT2D eigenvalue weighted by Crippen LogP contribution is 2.16. The molecular weight excluding hydrogens is 901 g/mol. The van der Waals surface area contributed by atoms with Gasteiger partial charge in [0.15, 0.2) is 6.10 Å². The van der Waals surface area contributed by atoms with E-state index >= 15 is 0 Å². The Hall–Kier alpha value is -3.15. The number of hydrogen-bond acceptors (Lipinski definition) is 6. The van der Waals surface area contributed by atoms with Crippen LogP contribution in [0.15, 0.2) is 72.9 Å². The SMILES string of the molecule is CCCCC/C=C\C=C/CCCCCCCCCCCCC(=O)OCC(COC(=O)CCC/C=C\C/C=C\C/C=C\CCCCCCCC)OC(=O)CCCCCCCCC/C=C\CCCCCCCCCC. The van der Waals surface area contributed by atoms with Crippen molar-refractivity contribution < 1.29 is 28.6 Å². The van der Waals surface area contributed by atoms with Crippen LogP contribution in [0.5, 0.6) is 0 Å². The van der Waals surface area contributed by atoms with Gasteiger partial charge < -0.3 is 14.2 Å². The summed E-state index contributed by atoms with van der Waals surface area (Å²) in [6.45, 7) is 6.59. The zero-order valence-electron chi connectivity index (χ0n) is 48.4. The van der Waals surface area contributed by atoms with Crippen LogP contribution in [0.2, 0.25) is 0 Å². The van der Waals surface area contributed by atoms with E-state index in [1.165, 1.54) is 212 Å². The van der Waals surface area contributed by atoms with Gasteiger partial charge in [-0.3, -0.25) is 14.4 Å². The zero-order chi connectivity index (χ0) is 52.9. The summed E-state index contributed by atoms with van der Waals surface area (Å²) in [6.07, 6.45) is 79.0. The molecule has 0 aliphatic heterocycles. The van der Waals surface area contributed by atoms with Gasteiger partial charge in [-0.25, -0.2) is 0 Å². The molecule has 0 amide bonds. The molecule has 0 aromatic rings. The lowest BCUT2D eigenvalue weighted by Crippen LogP contribution is -2.30.